The highest BCUT2D eigenvalue weighted by atomic mass is 32.2. The molecule has 0 unspecified atom stereocenters. The molecule has 0 spiro atoms. The van der Waals surface area contributed by atoms with Crippen molar-refractivity contribution < 1.29 is 9.59 Å². The largest absolute Gasteiger partial charge is 0.332 e. The summed E-state index contributed by atoms with van der Waals surface area (Å²) in [6, 6.07) is -0.146. The molecule has 1 aliphatic heterocycles. The maximum absolute atomic E-state index is 11.6. The average Bonchev–Trinajstić information content (AvgIpc) is 2.65. The molecule has 0 radical (unpaired) electrons. The third-order valence-electron chi connectivity index (χ3n) is 2.43. The van der Waals surface area contributed by atoms with Crippen LogP contribution in [0.1, 0.15) is 33.1 Å². The van der Waals surface area contributed by atoms with E-state index in [4.69, 9.17) is 0 Å². The van der Waals surface area contributed by atoms with Gasteiger partial charge in [0, 0.05) is 13.0 Å². The Bertz CT molecular complexity index is 230. The van der Waals surface area contributed by atoms with E-state index in [9.17, 15) is 9.59 Å². The van der Waals surface area contributed by atoms with Crippen LogP contribution in [0.5, 0.6) is 0 Å². The Labute approximate surface area is 89.2 Å². The second-order valence-corrected chi connectivity index (χ2v) is 4.62. The second-order valence-electron chi connectivity index (χ2n) is 3.35. The molecule has 80 valence electrons. The maximum atomic E-state index is 11.6. The van der Waals surface area contributed by atoms with Crippen molar-refractivity contribution in [3.05, 3.63) is 0 Å². The molecule has 0 aromatic carbocycles. The van der Waals surface area contributed by atoms with Crippen molar-refractivity contribution in [2.45, 2.75) is 39.2 Å². The van der Waals surface area contributed by atoms with Gasteiger partial charge in [-0.2, -0.15) is 0 Å². The van der Waals surface area contributed by atoms with Crippen molar-refractivity contribution in [3.8, 4) is 0 Å². The number of carbonyl (C=O) groups is 2. The Hall–Kier alpha value is -0.510. The molecule has 1 fully saturated rings. The van der Waals surface area contributed by atoms with Gasteiger partial charge in [-0.1, -0.05) is 25.6 Å². The van der Waals surface area contributed by atoms with E-state index in [0.717, 1.165) is 25.1 Å². The number of likely N-dealkylation sites (tertiary alicyclic amines) is 1. The van der Waals surface area contributed by atoms with Gasteiger partial charge in [-0.25, -0.2) is 0 Å². The van der Waals surface area contributed by atoms with Crippen LogP contribution in [0.25, 0.3) is 0 Å². The lowest BCUT2D eigenvalue weighted by molar-refractivity contribution is -0.134. The molecule has 0 aliphatic carbocycles. The summed E-state index contributed by atoms with van der Waals surface area (Å²) in [6.45, 7) is 4.56. The van der Waals surface area contributed by atoms with E-state index in [2.05, 4.69) is 0 Å². The van der Waals surface area contributed by atoms with Crippen LogP contribution in [0.4, 0.5) is 0 Å². The van der Waals surface area contributed by atoms with Crippen LogP contribution in [0.2, 0.25) is 0 Å². The Morgan fingerprint density at radius 2 is 2.14 bits per heavy atom. The molecule has 0 N–H and O–H groups in total. The first-order valence-corrected chi connectivity index (χ1v) is 6.15. The van der Waals surface area contributed by atoms with Crippen molar-refractivity contribution in [1.29, 1.82) is 0 Å². The SMILES string of the molecule is CCSC(=O)[C@@H]1CCCN1C(=O)CC. The first kappa shape index (κ1) is 11.6. The summed E-state index contributed by atoms with van der Waals surface area (Å²) >= 11 is 1.33. The van der Waals surface area contributed by atoms with Crippen molar-refractivity contribution in [1.82, 2.24) is 4.90 Å². The van der Waals surface area contributed by atoms with Crippen LogP contribution in [-0.4, -0.2) is 34.3 Å². The molecule has 1 saturated heterocycles. The minimum atomic E-state index is -0.146. The average molecular weight is 215 g/mol. The van der Waals surface area contributed by atoms with Gasteiger partial charge in [0.25, 0.3) is 0 Å². The third-order valence-corrected chi connectivity index (χ3v) is 3.28. The first-order valence-electron chi connectivity index (χ1n) is 5.16. The summed E-state index contributed by atoms with van der Waals surface area (Å²) < 4.78 is 0. The van der Waals surface area contributed by atoms with E-state index in [1.165, 1.54) is 11.8 Å². The third kappa shape index (κ3) is 2.50. The van der Waals surface area contributed by atoms with E-state index < -0.39 is 0 Å². The minimum Gasteiger partial charge on any atom is -0.332 e. The molecule has 3 nitrogen and oxygen atoms in total. The fraction of sp³-hybridized carbons (Fsp3) is 0.800. The lowest BCUT2D eigenvalue weighted by Crippen LogP contribution is -2.39. The van der Waals surface area contributed by atoms with Crippen molar-refractivity contribution >= 4 is 22.8 Å². The van der Waals surface area contributed by atoms with E-state index in [0.29, 0.717) is 6.42 Å². The topological polar surface area (TPSA) is 37.4 Å². The highest BCUT2D eigenvalue weighted by Gasteiger charge is 2.32. The molecular weight excluding hydrogens is 198 g/mol. The van der Waals surface area contributed by atoms with Gasteiger partial charge in [0.05, 0.1) is 0 Å². The fourth-order valence-electron chi connectivity index (χ4n) is 1.75. The van der Waals surface area contributed by atoms with Crippen LogP contribution >= 0.6 is 11.8 Å². The second kappa shape index (κ2) is 5.39. The summed E-state index contributed by atoms with van der Waals surface area (Å²) in [5, 5.41) is 0.159. The number of hydrogen-bond acceptors (Lipinski definition) is 3. The van der Waals surface area contributed by atoms with Gasteiger partial charge < -0.3 is 4.90 Å². The Kier molecular flexibility index (Phi) is 4.45. The van der Waals surface area contributed by atoms with Crippen LogP contribution < -0.4 is 0 Å². The summed E-state index contributed by atoms with van der Waals surface area (Å²) in [4.78, 5) is 24.9. The quantitative estimate of drug-likeness (QED) is 0.718. The number of carbonyl (C=O) groups excluding carboxylic acids is 2. The van der Waals surface area contributed by atoms with Gasteiger partial charge in [-0.3, -0.25) is 9.59 Å². The molecule has 1 amide bonds. The molecule has 1 aliphatic rings. The zero-order valence-corrected chi connectivity index (χ0v) is 9.60. The van der Waals surface area contributed by atoms with E-state index >= 15 is 0 Å². The highest BCUT2D eigenvalue weighted by molar-refractivity contribution is 8.13. The number of amides is 1. The Morgan fingerprint density at radius 1 is 1.43 bits per heavy atom. The number of rotatable bonds is 3. The molecule has 4 heteroatoms. The summed E-state index contributed by atoms with van der Waals surface area (Å²) in [5.74, 6) is 0.904. The molecule has 0 aromatic heterocycles. The van der Waals surface area contributed by atoms with Gasteiger partial charge in [0.15, 0.2) is 0 Å². The lowest BCUT2D eigenvalue weighted by atomic mass is 10.2. The summed E-state index contributed by atoms with van der Waals surface area (Å²) in [5.41, 5.74) is 0. The summed E-state index contributed by atoms with van der Waals surface area (Å²) in [7, 11) is 0. The molecular formula is C10H17NO2S. The Balaban J connectivity index is 2.59. The molecule has 0 bridgehead atoms. The Morgan fingerprint density at radius 3 is 2.71 bits per heavy atom. The van der Waals surface area contributed by atoms with Crippen LogP contribution in [0, 0.1) is 0 Å². The molecule has 0 aromatic rings. The molecule has 1 rings (SSSR count). The maximum Gasteiger partial charge on any atom is 0.222 e. The van der Waals surface area contributed by atoms with Crippen LogP contribution in [0.3, 0.4) is 0 Å². The number of nitrogens with zero attached hydrogens (tertiary/aromatic N) is 1. The fourth-order valence-corrected chi connectivity index (χ4v) is 2.47. The molecule has 1 atom stereocenters. The number of thioether (sulfide) groups is 1. The highest BCUT2D eigenvalue weighted by Crippen LogP contribution is 2.23. The van der Waals surface area contributed by atoms with Gasteiger partial charge in [-0.05, 0) is 18.6 Å². The van der Waals surface area contributed by atoms with Crippen LogP contribution in [-0.2, 0) is 9.59 Å². The van der Waals surface area contributed by atoms with Crippen molar-refractivity contribution in [3.63, 3.8) is 0 Å². The standard InChI is InChI=1S/C10H17NO2S/c1-3-9(12)11-7-5-6-8(11)10(13)14-4-2/h8H,3-7H2,1-2H3/t8-/m0/s1. The molecule has 14 heavy (non-hydrogen) atoms. The molecule has 1 heterocycles. The number of hydrogen-bond donors (Lipinski definition) is 0. The molecule has 0 saturated carbocycles. The predicted molar refractivity (Wildman–Crippen MR) is 58.2 cm³/mol. The van der Waals surface area contributed by atoms with E-state index in [-0.39, 0.29) is 17.1 Å². The van der Waals surface area contributed by atoms with Crippen molar-refractivity contribution in [2.24, 2.45) is 0 Å². The van der Waals surface area contributed by atoms with Crippen LogP contribution in [0.15, 0.2) is 0 Å². The van der Waals surface area contributed by atoms with Crippen molar-refractivity contribution in [2.75, 3.05) is 12.3 Å². The predicted octanol–water partition coefficient (Wildman–Crippen LogP) is 1.67. The van der Waals surface area contributed by atoms with Gasteiger partial charge in [0.2, 0.25) is 11.0 Å². The van der Waals surface area contributed by atoms with Gasteiger partial charge >= 0.3 is 0 Å². The normalized spacial score (nSPS) is 21.3. The van der Waals surface area contributed by atoms with E-state index in [1.54, 1.807) is 4.90 Å². The monoisotopic (exact) mass is 215 g/mol. The first-order chi connectivity index (χ1) is 6.70. The smallest absolute Gasteiger partial charge is 0.222 e. The summed E-state index contributed by atoms with van der Waals surface area (Å²) in [6.07, 6.45) is 2.31. The van der Waals surface area contributed by atoms with Gasteiger partial charge in [0.1, 0.15) is 6.04 Å². The van der Waals surface area contributed by atoms with Gasteiger partial charge in [-0.15, -0.1) is 0 Å². The minimum absolute atomic E-state index is 0.109. The lowest BCUT2D eigenvalue weighted by Gasteiger charge is -2.22. The van der Waals surface area contributed by atoms with E-state index in [1.807, 2.05) is 13.8 Å². The zero-order chi connectivity index (χ0) is 10.6. The zero-order valence-electron chi connectivity index (χ0n) is 8.78.